The standard InChI is InChI=1S/C28H42ClN3O3/c1-7-14-28(6)15-13-24(21-9-11-22(29)12-10-21)32(25(28)33)23(8-2)20-30-16-18-31(19-17-30)26(34)35-27(3,4)5/h7,9-12,23-24H,1,8,13-20H2,2-6H3/t23?,24?,28-/m0/s1. The fourth-order valence-corrected chi connectivity index (χ4v) is 5.37. The Kier molecular flexibility index (Phi) is 8.92. The molecule has 2 heterocycles. The number of likely N-dealkylation sites (tertiary alicyclic amines) is 1. The number of benzene rings is 1. The Labute approximate surface area is 216 Å². The van der Waals surface area contributed by atoms with E-state index < -0.39 is 11.0 Å². The molecule has 2 aliphatic heterocycles. The fraction of sp³-hybridized carbons (Fsp3) is 0.643. The molecule has 2 unspecified atom stereocenters. The van der Waals surface area contributed by atoms with E-state index in [0.717, 1.165) is 44.5 Å². The van der Waals surface area contributed by atoms with Crippen LogP contribution in [-0.4, -0.2) is 71.1 Å². The lowest BCUT2D eigenvalue weighted by Gasteiger charge is -2.49. The zero-order chi connectivity index (χ0) is 25.8. The monoisotopic (exact) mass is 503 g/mol. The number of piperidine rings is 1. The maximum atomic E-state index is 14.0. The van der Waals surface area contributed by atoms with Crippen molar-refractivity contribution in [3.63, 3.8) is 0 Å². The van der Waals surface area contributed by atoms with Crippen LogP contribution in [0.25, 0.3) is 0 Å². The van der Waals surface area contributed by atoms with Crippen molar-refractivity contribution in [1.29, 1.82) is 0 Å². The second kappa shape index (κ2) is 11.3. The molecule has 0 saturated carbocycles. The Morgan fingerprint density at radius 1 is 1.23 bits per heavy atom. The van der Waals surface area contributed by atoms with Crippen LogP contribution < -0.4 is 0 Å². The number of allylic oxidation sites excluding steroid dienone is 1. The summed E-state index contributed by atoms with van der Waals surface area (Å²) in [4.78, 5) is 32.7. The van der Waals surface area contributed by atoms with E-state index in [-0.39, 0.29) is 24.1 Å². The van der Waals surface area contributed by atoms with Crippen LogP contribution in [-0.2, 0) is 9.53 Å². The molecule has 2 fully saturated rings. The van der Waals surface area contributed by atoms with E-state index in [1.165, 1.54) is 0 Å². The number of carbonyl (C=O) groups excluding carboxylic acids is 2. The molecule has 0 bridgehead atoms. The number of rotatable bonds is 7. The van der Waals surface area contributed by atoms with Gasteiger partial charge in [-0.3, -0.25) is 9.69 Å². The Balaban J connectivity index is 1.75. The third kappa shape index (κ3) is 6.79. The van der Waals surface area contributed by atoms with Gasteiger partial charge in [-0.15, -0.1) is 6.58 Å². The van der Waals surface area contributed by atoms with Crippen molar-refractivity contribution in [3.05, 3.63) is 47.5 Å². The summed E-state index contributed by atoms with van der Waals surface area (Å²) in [5, 5.41) is 0.703. The van der Waals surface area contributed by atoms with Crippen molar-refractivity contribution in [1.82, 2.24) is 14.7 Å². The van der Waals surface area contributed by atoms with E-state index in [1.54, 1.807) is 4.90 Å². The Morgan fingerprint density at radius 2 is 1.86 bits per heavy atom. The highest BCUT2D eigenvalue weighted by molar-refractivity contribution is 6.30. The first-order chi connectivity index (χ1) is 16.5. The maximum Gasteiger partial charge on any atom is 0.410 e. The number of piperazine rings is 1. The summed E-state index contributed by atoms with van der Waals surface area (Å²) in [5.41, 5.74) is 0.218. The number of amides is 2. The summed E-state index contributed by atoms with van der Waals surface area (Å²) in [5.74, 6) is 0.211. The number of hydrogen-bond acceptors (Lipinski definition) is 4. The van der Waals surface area contributed by atoms with Crippen LogP contribution in [0, 0.1) is 5.41 Å². The van der Waals surface area contributed by atoms with Crippen molar-refractivity contribution in [3.8, 4) is 0 Å². The first kappa shape index (κ1) is 27.5. The van der Waals surface area contributed by atoms with Crippen LogP contribution in [0.5, 0.6) is 0 Å². The number of carbonyl (C=O) groups is 2. The lowest BCUT2D eigenvalue weighted by molar-refractivity contribution is -0.153. The maximum absolute atomic E-state index is 14.0. The van der Waals surface area contributed by atoms with Gasteiger partial charge in [-0.25, -0.2) is 4.79 Å². The van der Waals surface area contributed by atoms with E-state index in [0.29, 0.717) is 24.5 Å². The van der Waals surface area contributed by atoms with Crippen LogP contribution in [0.3, 0.4) is 0 Å². The second-order valence-electron chi connectivity index (χ2n) is 11.2. The van der Waals surface area contributed by atoms with Crippen LogP contribution in [0.4, 0.5) is 4.79 Å². The summed E-state index contributed by atoms with van der Waals surface area (Å²) < 4.78 is 5.54. The lowest BCUT2D eigenvalue weighted by Crippen LogP contribution is -2.58. The average molecular weight is 504 g/mol. The molecule has 194 valence electrons. The molecule has 3 atom stereocenters. The molecular formula is C28H42ClN3O3. The van der Waals surface area contributed by atoms with Gasteiger partial charge in [-0.1, -0.05) is 43.7 Å². The molecule has 0 aromatic heterocycles. The molecule has 35 heavy (non-hydrogen) atoms. The van der Waals surface area contributed by atoms with E-state index in [1.807, 2.05) is 39.0 Å². The summed E-state index contributed by atoms with van der Waals surface area (Å²) in [6.07, 6.45) is 4.92. The van der Waals surface area contributed by atoms with Gasteiger partial charge < -0.3 is 14.5 Å². The molecule has 7 heteroatoms. The fourth-order valence-electron chi connectivity index (χ4n) is 5.25. The minimum absolute atomic E-state index is 0.0330. The van der Waals surface area contributed by atoms with Gasteiger partial charge in [-0.05, 0) is 64.2 Å². The lowest BCUT2D eigenvalue weighted by atomic mass is 9.74. The molecule has 2 amide bonds. The number of hydrogen-bond donors (Lipinski definition) is 0. The molecule has 0 aliphatic carbocycles. The van der Waals surface area contributed by atoms with E-state index in [2.05, 4.69) is 42.4 Å². The molecule has 2 aliphatic rings. The molecule has 0 radical (unpaired) electrons. The average Bonchev–Trinajstić information content (AvgIpc) is 2.80. The molecule has 3 rings (SSSR count). The van der Waals surface area contributed by atoms with E-state index >= 15 is 0 Å². The third-order valence-electron chi connectivity index (χ3n) is 7.26. The minimum atomic E-state index is -0.495. The number of ether oxygens (including phenoxy) is 1. The van der Waals surface area contributed by atoms with Crippen LogP contribution in [0.15, 0.2) is 36.9 Å². The molecule has 6 nitrogen and oxygen atoms in total. The van der Waals surface area contributed by atoms with Gasteiger partial charge >= 0.3 is 6.09 Å². The van der Waals surface area contributed by atoms with E-state index in [9.17, 15) is 9.59 Å². The molecule has 1 aromatic carbocycles. The summed E-state index contributed by atoms with van der Waals surface area (Å²) in [7, 11) is 0. The Morgan fingerprint density at radius 3 is 2.40 bits per heavy atom. The van der Waals surface area contributed by atoms with Crippen molar-refractivity contribution < 1.29 is 14.3 Å². The van der Waals surface area contributed by atoms with Gasteiger partial charge in [-0.2, -0.15) is 0 Å². The highest BCUT2D eigenvalue weighted by Crippen LogP contribution is 2.44. The highest BCUT2D eigenvalue weighted by Gasteiger charge is 2.46. The molecule has 0 spiro atoms. The van der Waals surface area contributed by atoms with Crippen molar-refractivity contribution >= 4 is 23.6 Å². The number of nitrogens with zero attached hydrogens (tertiary/aromatic N) is 3. The molecular weight excluding hydrogens is 462 g/mol. The summed E-state index contributed by atoms with van der Waals surface area (Å²) in [6, 6.07) is 8.04. The third-order valence-corrected chi connectivity index (χ3v) is 7.52. The van der Waals surface area contributed by atoms with Gasteiger partial charge in [0.05, 0.1) is 11.5 Å². The zero-order valence-electron chi connectivity index (χ0n) is 22.1. The summed E-state index contributed by atoms with van der Waals surface area (Å²) in [6.45, 7) is 17.4. The minimum Gasteiger partial charge on any atom is -0.444 e. The van der Waals surface area contributed by atoms with Gasteiger partial charge in [0, 0.05) is 43.8 Å². The topological polar surface area (TPSA) is 53.1 Å². The zero-order valence-corrected chi connectivity index (χ0v) is 22.8. The smallest absolute Gasteiger partial charge is 0.410 e. The van der Waals surface area contributed by atoms with Gasteiger partial charge in [0.1, 0.15) is 5.60 Å². The molecule has 1 aromatic rings. The predicted molar refractivity (Wildman–Crippen MR) is 142 cm³/mol. The van der Waals surface area contributed by atoms with E-state index in [4.69, 9.17) is 16.3 Å². The quantitative estimate of drug-likeness (QED) is 0.433. The number of halogens is 1. The van der Waals surface area contributed by atoms with Gasteiger partial charge in [0.25, 0.3) is 0 Å². The first-order valence-electron chi connectivity index (χ1n) is 12.9. The normalized spacial score (nSPS) is 24.9. The van der Waals surface area contributed by atoms with Crippen molar-refractivity contribution in [2.75, 3.05) is 32.7 Å². The summed E-state index contributed by atoms with van der Waals surface area (Å²) >= 11 is 6.16. The molecule has 2 saturated heterocycles. The predicted octanol–water partition coefficient (Wildman–Crippen LogP) is 5.92. The Hall–Kier alpha value is -2.05. The van der Waals surface area contributed by atoms with Crippen LogP contribution in [0.2, 0.25) is 5.02 Å². The SMILES string of the molecule is C=CC[C@@]1(C)CCC(c2ccc(Cl)cc2)N(C(CC)CN2CCN(C(=O)OC(C)(C)C)CC2)C1=O. The largest absolute Gasteiger partial charge is 0.444 e. The van der Waals surface area contributed by atoms with Crippen LogP contribution in [0.1, 0.15) is 71.9 Å². The second-order valence-corrected chi connectivity index (χ2v) is 11.6. The van der Waals surface area contributed by atoms with Gasteiger partial charge in [0.15, 0.2) is 0 Å². The van der Waals surface area contributed by atoms with Crippen molar-refractivity contribution in [2.24, 2.45) is 5.41 Å². The van der Waals surface area contributed by atoms with Crippen LogP contribution >= 0.6 is 11.6 Å². The first-order valence-corrected chi connectivity index (χ1v) is 13.2. The molecule has 0 N–H and O–H groups in total. The van der Waals surface area contributed by atoms with Gasteiger partial charge in [0.2, 0.25) is 5.91 Å². The highest BCUT2D eigenvalue weighted by atomic mass is 35.5. The van der Waals surface area contributed by atoms with Crippen molar-refractivity contribution in [2.45, 2.75) is 78.0 Å². The Bertz CT molecular complexity index is 890.